The molecule has 0 amide bonds. The third-order valence-electron chi connectivity index (χ3n) is 3.04. The number of aromatic nitrogens is 2. The zero-order valence-electron chi connectivity index (χ0n) is 12.0. The number of hydrogen-bond donors (Lipinski definition) is 1. The maximum atomic E-state index is 4.75. The predicted molar refractivity (Wildman–Crippen MR) is 86.3 cm³/mol. The van der Waals surface area contributed by atoms with Crippen LogP contribution in [0.3, 0.4) is 0 Å². The molecule has 0 bridgehead atoms. The summed E-state index contributed by atoms with van der Waals surface area (Å²) in [5, 5.41) is 3.42. The third kappa shape index (κ3) is 3.80. The molecule has 0 saturated carbocycles. The van der Waals surface area contributed by atoms with Crippen LogP contribution in [0.1, 0.15) is 70.8 Å². The van der Waals surface area contributed by atoms with Gasteiger partial charge in [-0.25, -0.2) is 9.97 Å². The Hall–Kier alpha value is -0.390. The number of nitrogens with zero attached hydrogens (tertiary/aromatic N) is 2. The summed E-state index contributed by atoms with van der Waals surface area (Å²) in [5.74, 6) is 2.83. The maximum absolute atomic E-state index is 4.75. The van der Waals surface area contributed by atoms with Gasteiger partial charge in [-0.1, -0.05) is 34.6 Å². The molecule has 0 aromatic carbocycles. The molecule has 0 spiro atoms. The molecule has 0 radical (unpaired) electrons. The highest BCUT2D eigenvalue weighted by Crippen LogP contribution is 2.27. The number of halogens is 1. The summed E-state index contributed by atoms with van der Waals surface area (Å²) >= 11 is 2.36. The van der Waals surface area contributed by atoms with E-state index >= 15 is 0 Å². The lowest BCUT2D eigenvalue weighted by molar-refractivity contribution is 0.660. The van der Waals surface area contributed by atoms with E-state index in [-0.39, 0.29) is 0 Å². The Morgan fingerprint density at radius 3 is 2.33 bits per heavy atom. The summed E-state index contributed by atoms with van der Waals surface area (Å²) in [6.07, 6.45) is 2.18. The van der Waals surface area contributed by atoms with Crippen LogP contribution in [0, 0.1) is 3.57 Å². The van der Waals surface area contributed by atoms with E-state index < -0.39 is 0 Å². The van der Waals surface area contributed by atoms with E-state index in [9.17, 15) is 0 Å². The van der Waals surface area contributed by atoms with E-state index in [4.69, 9.17) is 9.97 Å². The fraction of sp³-hybridized carbons (Fsp3) is 0.714. The monoisotopic (exact) mass is 361 g/mol. The summed E-state index contributed by atoms with van der Waals surface area (Å²) in [5.41, 5.74) is 1.17. The topological polar surface area (TPSA) is 37.8 Å². The molecule has 1 aromatic heterocycles. The maximum Gasteiger partial charge on any atom is 0.143 e. The van der Waals surface area contributed by atoms with Gasteiger partial charge in [0.1, 0.15) is 11.6 Å². The SMILES string of the molecule is CCCNc1nc(C(C)CC)nc(C(C)C)c1I. The van der Waals surface area contributed by atoms with Crippen molar-refractivity contribution in [2.75, 3.05) is 11.9 Å². The van der Waals surface area contributed by atoms with Gasteiger partial charge in [0.05, 0.1) is 9.26 Å². The van der Waals surface area contributed by atoms with Gasteiger partial charge in [-0.05, 0) is 41.4 Å². The van der Waals surface area contributed by atoms with E-state index in [2.05, 4.69) is 62.5 Å². The molecule has 18 heavy (non-hydrogen) atoms. The van der Waals surface area contributed by atoms with Crippen molar-refractivity contribution in [2.45, 2.75) is 59.3 Å². The average Bonchev–Trinajstić information content (AvgIpc) is 2.36. The first-order valence-corrected chi connectivity index (χ1v) is 7.90. The zero-order chi connectivity index (χ0) is 13.7. The minimum absolute atomic E-state index is 0.418. The van der Waals surface area contributed by atoms with Gasteiger partial charge in [0.25, 0.3) is 0 Å². The van der Waals surface area contributed by atoms with Gasteiger partial charge in [-0.3, -0.25) is 0 Å². The van der Waals surface area contributed by atoms with Crippen LogP contribution in [0.25, 0.3) is 0 Å². The van der Waals surface area contributed by atoms with Gasteiger partial charge in [0.2, 0.25) is 0 Å². The Morgan fingerprint density at radius 2 is 1.83 bits per heavy atom. The molecule has 0 saturated heterocycles. The minimum Gasteiger partial charge on any atom is -0.369 e. The van der Waals surface area contributed by atoms with Crippen molar-refractivity contribution >= 4 is 28.4 Å². The van der Waals surface area contributed by atoms with Gasteiger partial charge in [-0.2, -0.15) is 0 Å². The molecule has 0 aliphatic carbocycles. The number of nitrogens with one attached hydrogen (secondary N) is 1. The minimum atomic E-state index is 0.418. The van der Waals surface area contributed by atoms with Crippen LogP contribution in [0.4, 0.5) is 5.82 Å². The second kappa shape index (κ2) is 7.26. The van der Waals surface area contributed by atoms with Crippen molar-refractivity contribution in [1.82, 2.24) is 9.97 Å². The average molecular weight is 361 g/mol. The Balaban J connectivity index is 3.18. The molecule has 1 N–H and O–H groups in total. The fourth-order valence-electron chi connectivity index (χ4n) is 1.63. The lowest BCUT2D eigenvalue weighted by atomic mass is 10.1. The molecule has 1 aromatic rings. The van der Waals surface area contributed by atoms with E-state index in [0.717, 1.165) is 31.0 Å². The van der Waals surface area contributed by atoms with Crippen molar-refractivity contribution in [1.29, 1.82) is 0 Å². The Morgan fingerprint density at radius 1 is 1.17 bits per heavy atom. The van der Waals surface area contributed by atoms with Crippen LogP contribution < -0.4 is 5.32 Å². The van der Waals surface area contributed by atoms with E-state index in [1.165, 1.54) is 9.26 Å². The first-order chi connectivity index (χ1) is 8.51. The first-order valence-electron chi connectivity index (χ1n) is 6.82. The van der Waals surface area contributed by atoms with Crippen LogP contribution >= 0.6 is 22.6 Å². The molecular formula is C14H24IN3. The molecular weight excluding hydrogens is 337 g/mol. The lowest BCUT2D eigenvalue weighted by Crippen LogP contribution is -2.12. The summed E-state index contributed by atoms with van der Waals surface area (Å²) in [7, 11) is 0. The Bertz CT molecular complexity index is 391. The molecule has 1 heterocycles. The first kappa shape index (κ1) is 15.7. The molecule has 0 fully saturated rings. The Labute approximate surface area is 124 Å². The zero-order valence-corrected chi connectivity index (χ0v) is 14.2. The summed E-state index contributed by atoms with van der Waals surface area (Å²) < 4.78 is 1.17. The molecule has 1 rings (SSSR count). The fourth-order valence-corrected chi connectivity index (χ4v) is 2.68. The number of anilines is 1. The highest BCUT2D eigenvalue weighted by Gasteiger charge is 2.17. The quantitative estimate of drug-likeness (QED) is 0.756. The summed E-state index contributed by atoms with van der Waals surface area (Å²) in [4.78, 5) is 9.45. The molecule has 0 aliphatic heterocycles. The second-order valence-electron chi connectivity index (χ2n) is 5.02. The molecule has 1 unspecified atom stereocenters. The van der Waals surface area contributed by atoms with Gasteiger partial charge >= 0.3 is 0 Å². The number of hydrogen-bond acceptors (Lipinski definition) is 3. The van der Waals surface area contributed by atoms with Gasteiger partial charge in [0, 0.05) is 12.5 Å². The second-order valence-corrected chi connectivity index (χ2v) is 6.10. The largest absolute Gasteiger partial charge is 0.369 e. The predicted octanol–water partition coefficient (Wildman–Crippen LogP) is 4.54. The van der Waals surface area contributed by atoms with Gasteiger partial charge < -0.3 is 5.32 Å². The third-order valence-corrected chi connectivity index (χ3v) is 4.10. The van der Waals surface area contributed by atoms with Crippen molar-refractivity contribution in [3.05, 3.63) is 15.1 Å². The highest BCUT2D eigenvalue weighted by atomic mass is 127. The van der Waals surface area contributed by atoms with Crippen molar-refractivity contribution in [3.63, 3.8) is 0 Å². The van der Waals surface area contributed by atoms with Gasteiger partial charge in [-0.15, -0.1) is 0 Å². The molecule has 102 valence electrons. The lowest BCUT2D eigenvalue weighted by Gasteiger charge is -2.17. The summed E-state index contributed by atoms with van der Waals surface area (Å²) in [6.45, 7) is 11.9. The van der Waals surface area contributed by atoms with E-state index in [1.54, 1.807) is 0 Å². The van der Waals surface area contributed by atoms with Crippen LogP contribution in [0.2, 0.25) is 0 Å². The molecule has 0 aliphatic rings. The van der Waals surface area contributed by atoms with Crippen molar-refractivity contribution in [2.24, 2.45) is 0 Å². The van der Waals surface area contributed by atoms with Crippen molar-refractivity contribution in [3.8, 4) is 0 Å². The smallest absolute Gasteiger partial charge is 0.143 e. The molecule has 4 heteroatoms. The molecule has 1 atom stereocenters. The molecule has 3 nitrogen and oxygen atoms in total. The van der Waals surface area contributed by atoms with Crippen molar-refractivity contribution < 1.29 is 0 Å². The van der Waals surface area contributed by atoms with E-state index in [1.807, 2.05) is 0 Å². The van der Waals surface area contributed by atoms with E-state index in [0.29, 0.717) is 11.8 Å². The standard InChI is InChI=1S/C14H24IN3/c1-6-8-16-14-11(15)12(9(3)4)17-13(18-14)10(5)7-2/h9-10H,6-8H2,1-5H3,(H,16,17,18). The summed E-state index contributed by atoms with van der Waals surface area (Å²) in [6, 6.07) is 0. The highest BCUT2D eigenvalue weighted by molar-refractivity contribution is 14.1. The van der Waals surface area contributed by atoms with Crippen LogP contribution in [0.15, 0.2) is 0 Å². The van der Waals surface area contributed by atoms with Crippen LogP contribution in [0.5, 0.6) is 0 Å². The Kier molecular flexibility index (Phi) is 6.32. The van der Waals surface area contributed by atoms with Gasteiger partial charge in [0.15, 0.2) is 0 Å². The number of rotatable bonds is 6. The van der Waals surface area contributed by atoms with Crippen LogP contribution in [-0.2, 0) is 0 Å². The normalized spacial score (nSPS) is 12.8. The van der Waals surface area contributed by atoms with Crippen LogP contribution in [-0.4, -0.2) is 16.5 Å².